The third-order valence-corrected chi connectivity index (χ3v) is 5.49. The molecule has 1 amide bonds. The molecule has 1 saturated heterocycles. The Bertz CT molecular complexity index is 999. The summed E-state index contributed by atoms with van der Waals surface area (Å²) in [6.07, 6.45) is 6.53. The number of hydrogen-bond acceptors (Lipinski definition) is 7. The van der Waals surface area contributed by atoms with Crippen LogP contribution in [0, 0.1) is 5.82 Å². The number of rotatable bonds is 4. The molecule has 0 saturated carbocycles. The molecule has 10 heteroatoms. The third-order valence-electron chi connectivity index (χ3n) is 4.61. The monoisotopic (exact) mass is 447 g/mol. The quantitative estimate of drug-likeness (QED) is 0.635. The van der Waals surface area contributed by atoms with Crippen LogP contribution in [0.25, 0.3) is 10.6 Å². The standard InChI is InChI=1S/C15H13FN4O2S.C6H13NO/c1-20-7-9(6-17-20)18-14(21)11-8-23-15(19-11)10-4-3-5-12(22-2)13(10)16;7-6-2-1-4-8-5-3-6/h3-8H,1-2H3,(H,18,21);6H,1-5,7H2/t;6-/m.1/s1. The summed E-state index contributed by atoms with van der Waals surface area (Å²) >= 11 is 1.19. The van der Waals surface area contributed by atoms with Gasteiger partial charge in [0.1, 0.15) is 10.7 Å². The minimum atomic E-state index is -0.497. The SMILES string of the molecule is COc1cccc(-c2nc(C(=O)Nc3cnn(C)c3)cs2)c1F.N[C@@H]1CCCOCC1. The number of ether oxygens (including phenoxy) is 2. The first kappa shape index (κ1) is 22.9. The van der Waals surface area contributed by atoms with Crippen molar-refractivity contribution >= 4 is 22.9 Å². The fraction of sp³-hybridized carbons (Fsp3) is 0.381. The van der Waals surface area contributed by atoms with Gasteiger partial charge < -0.3 is 20.5 Å². The molecule has 1 atom stereocenters. The molecule has 0 unspecified atom stereocenters. The molecule has 0 spiro atoms. The Labute approximate surface area is 184 Å². The molecule has 3 heterocycles. The Morgan fingerprint density at radius 2 is 2.23 bits per heavy atom. The number of carbonyl (C=O) groups is 1. The largest absolute Gasteiger partial charge is 0.494 e. The van der Waals surface area contributed by atoms with Gasteiger partial charge in [-0.05, 0) is 31.4 Å². The number of nitrogens with one attached hydrogen (secondary N) is 1. The minimum Gasteiger partial charge on any atom is -0.494 e. The molecule has 8 nitrogen and oxygen atoms in total. The maximum Gasteiger partial charge on any atom is 0.275 e. The van der Waals surface area contributed by atoms with Gasteiger partial charge in [-0.3, -0.25) is 9.48 Å². The van der Waals surface area contributed by atoms with Crippen LogP contribution in [-0.4, -0.2) is 47.0 Å². The minimum absolute atomic E-state index is 0.138. The van der Waals surface area contributed by atoms with Gasteiger partial charge in [-0.1, -0.05) is 6.07 Å². The summed E-state index contributed by atoms with van der Waals surface area (Å²) < 4.78 is 26.0. The van der Waals surface area contributed by atoms with Crippen LogP contribution in [-0.2, 0) is 11.8 Å². The lowest BCUT2D eigenvalue weighted by Gasteiger charge is -2.04. The number of anilines is 1. The number of nitrogens with two attached hydrogens (primary N) is 1. The van der Waals surface area contributed by atoms with Gasteiger partial charge in [-0.25, -0.2) is 9.37 Å². The van der Waals surface area contributed by atoms with Crippen LogP contribution >= 0.6 is 11.3 Å². The number of methoxy groups -OCH3 is 1. The normalized spacial score (nSPS) is 16.1. The van der Waals surface area contributed by atoms with Crippen LogP contribution in [0.3, 0.4) is 0 Å². The summed E-state index contributed by atoms with van der Waals surface area (Å²) in [4.78, 5) is 16.4. The Morgan fingerprint density at radius 1 is 1.39 bits per heavy atom. The molecular weight excluding hydrogens is 421 g/mol. The van der Waals surface area contributed by atoms with Gasteiger partial charge in [0, 0.05) is 37.9 Å². The lowest BCUT2D eigenvalue weighted by Crippen LogP contribution is -2.19. The molecule has 0 aliphatic carbocycles. The van der Waals surface area contributed by atoms with Crippen molar-refractivity contribution in [1.82, 2.24) is 14.8 Å². The molecule has 1 aliphatic heterocycles. The number of aryl methyl sites for hydroxylation is 1. The molecular formula is C21H26FN5O3S. The first-order valence-corrected chi connectivity index (χ1v) is 10.8. The molecule has 1 aliphatic rings. The van der Waals surface area contributed by atoms with Crippen molar-refractivity contribution in [3.05, 3.63) is 47.5 Å². The van der Waals surface area contributed by atoms with Crippen LogP contribution in [0.4, 0.5) is 10.1 Å². The van der Waals surface area contributed by atoms with E-state index in [1.807, 2.05) is 0 Å². The predicted molar refractivity (Wildman–Crippen MR) is 118 cm³/mol. The number of nitrogens with zero attached hydrogens (tertiary/aromatic N) is 3. The van der Waals surface area contributed by atoms with Crippen LogP contribution in [0.5, 0.6) is 5.75 Å². The lowest BCUT2D eigenvalue weighted by atomic mass is 10.1. The number of thiazole rings is 1. The van der Waals surface area contributed by atoms with Crippen LogP contribution in [0.1, 0.15) is 29.8 Å². The van der Waals surface area contributed by atoms with E-state index in [0.717, 1.165) is 32.5 Å². The molecule has 3 N–H and O–H groups in total. The number of benzene rings is 1. The van der Waals surface area contributed by atoms with Gasteiger partial charge in [-0.15, -0.1) is 11.3 Å². The molecule has 31 heavy (non-hydrogen) atoms. The van der Waals surface area contributed by atoms with Crippen molar-refractivity contribution in [2.45, 2.75) is 25.3 Å². The molecule has 2 aromatic heterocycles. The summed E-state index contributed by atoms with van der Waals surface area (Å²) in [5.41, 5.74) is 6.74. The van der Waals surface area contributed by atoms with Gasteiger partial charge in [-0.2, -0.15) is 5.10 Å². The highest BCUT2D eigenvalue weighted by molar-refractivity contribution is 7.13. The Hall–Kier alpha value is -2.82. The average molecular weight is 448 g/mol. The van der Waals surface area contributed by atoms with E-state index in [-0.39, 0.29) is 17.4 Å². The number of aromatic nitrogens is 3. The molecule has 3 aromatic rings. The van der Waals surface area contributed by atoms with Gasteiger partial charge in [0.05, 0.1) is 24.6 Å². The van der Waals surface area contributed by atoms with Gasteiger partial charge in [0.15, 0.2) is 11.6 Å². The van der Waals surface area contributed by atoms with Crippen molar-refractivity contribution in [2.75, 3.05) is 25.6 Å². The highest BCUT2D eigenvalue weighted by Crippen LogP contribution is 2.31. The number of halogens is 1. The summed E-state index contributed by atoms with van der Waals surface area (Å²) in [7, 11) is 3.15. The maximum atomic E-state index is 14.2. The topological polar surface area (TPSA) is 104 Å². The second-order valence-corrected chi connectivity index (χ2v) is 7.88. The molecule has 1 aromatic carbocycles. The number of carbonyl (C=O) groups excluding carboxylic acids is 1. The fourth-order valence-corrected chi connectivity index (χ4v) is 3.76. The zero-order valence-electron chi connectivity index (χ0n) is 17.5. The van der Waals surface area contributed by atoms with Crippen molar-refractivity contribution in [1.29, 1.82) is 0 Å². The van der Waals surface area contributed by atoms with Gasteiger partial charge in [0.2, 0.25) is 0 Å². The molecule has 1 fully saturated rings. The lowest BCUT2D eigenvalue weighted by molar-refractivity contribution is 0.102. The zero-order chi connectivity index (χ0) is 22.2. The molecule has 166 valence electrons. The van der Waals surface area contributed by atoms with Crippen molar-refractivity contribution in [2.24, 2.45) is 12.8 Å². The second-order valence-electron chi connectivity index (χ2n) is 7.02. The van der Waals surface area contributed by atoms with E-state index in [2.05, 4.69) is 15.4 Å². The van der Waals surface area contributed by atoms with E-state index in [1.165, 1.54) is 30.7 Å². The smallest absolute Gasteiger partial charge is 0.275 e. The average Bonchev–Trinajstić information content (AvgIpc) is 3.33. The number of hydrogen-bond donors (Lipinski definition) is 2. The summed E-state index contributed by atoms with van der Waals surface area (Å²) in [5, 5.41) is 8.65. The van der Waals surface area contributed by atoms with Crippen molar-refractivity contribution in [3.8, 4) is 16.3 Å². The van der Waals surface area contributed by atoms with E-state index in [9.17, 15) is 9.18 Å². The van der Waals surface area contributed by atoms with Gasteiger partial charge in [0.25, 0.3) is 5.91 Å². The van der Waals surface area contributed by atoms with Crippen LogP contribution in [0.15, 0.2) is 36.0 Å². The fourth-order valence-electron chi connectivity index (χ4n) is 2.94. The second kappa shape index (κ2) is 11.0. The zero-order valence-corrected chi connectivity index (χ0v) is 18.3. The first-order chi connectivity index (χ1) is 15.0. The van der Waals surface area contributed by atoms with Crippen molar-refractivity contribution < 1.29 is 18.7 Å². The summed E-state index contributed by atoms with van der Waals surface area (Å²) in [6, 6.07) is 5.20. The first-order valence-electron chi connectivity index (χ1n) is 9.89. The molecule has 0 radical (unpaired) electrons. The Morgan fingerprint density at radius 3 is 2.97 bits per heavy atom. The highest BCUT2D eigenvalue weighted by Gasteiger charge is 2.17. The predicted octanol–water partition coefficient (Wildman–Crippen LogP) is 3.46. The van der Waals surface area contributed by atoms with Crippen molar-refractivity contribution in [3.63, 3.8) is 0 Å². The van der Waals surface area contributed by atoms with E-state index >= 15 is 0 Å². The van der Waals surface area contributed by atoms with Crippen LogP contribution < -0.4 is 15.8 Å². The van der Waals surface area contributed by atoms with E-state index in [4.69, 9.17) is 15.2 Å². The Kier molecular flexibility index (Phi) is 8.10. The molecule has 0 bridgehead atoms. The van der Waals surface area contributed by atoms with E-state index in [0.29, 0.717) is 22.3 Å². The number of amides is 1. The summed E-state index contributed by atoms with van der Waals surface area (Å²) in [6.45, 7) is 1.77. The third kappa shape index (κ3) is 6.33. The van der Waals surface area contributed by atoms with Crippen LogP contribution in [0.2, 0.25) is 0 Å². The van der Waals surface area contributed by atoms with E-state index < -0.39 is 5.82 Å². The highest BCUT2D eigenvalue weighted by atomic mass is 32.1. The maximum absolute atomic E-state index is 14.2. The van der Waals surface area contributed by atoms with E-state index in [1.54, 1.807) is 35.4 Å². The molecule has 4 rings (SSSR count). The Balaban J connectivity index is 0.000000287. The van der Waals surface area contributed by atoms with Gasteiger partial charge >= 0.3 is 0 Å². The summed E-state index contributed by atoms with van der Waals surface area (Å²) in [5.74, 6) is -0.730.